The van der Waals surface area contributed by atoms with E-state index >= 15 is 0 Å². The molecular formula is C11H17N3O. The maximum absolute atomic E-state index is 9.75. The van der Waals surface area contributed by atoms with Gasteiger partial charge in [0, 0.05) is 31.2 Å². The first-order valence-corrected chi connectivity index (χ1v) is 5.52. The fourth-order valence-electron chi connectivity index (χ4n) is 2.01. The number of hydrogen-bond acceptors (Lipinski definition) is 4. The topological polar surface area (TPSA) is 58.0 Å². The van der Waals surface area contributed by atoms with Crippen molar-refractivity contribution in [2.45, 2.75) is 44.4 Å². The molecular weight excluding hydrogens is 190 g/mol. The SMILES string of the molecule is O[C@H]1CCCC[C@@H]1NCc1cnccn1. The Morgan fingerprint density at radius 2 is 2.20 bits per heavy atom. The quantitative estimate of drug-likeness (QED) is 0.772. The third-order valence-corrected chi connectivity index (χ3v) is 2.89. The van der Waals surface area contributed by atoms with E-state index in [1.807, 2.05) is 0 Å². The molecule has 0 radical (unpaired) electrons. The van der Waals surface area contributed by atoms with Gasteiger partial charge in [-0.25, -0.2) is 0 Å². The highest BCUT2D eigenvalue weighted by molar-refractivity contribution is 4.95. The number of nitrogens with one attached hydrogen (secondary N) is 1. The molecule has 1 saturated carbocycles. The van der Waals surface area contributed by atoms with Gasteiger partial charge in [0.2, 0.25) is 0 Å². The molecule has 0 unspecified atom stereocenters. The highest BCUT2D eigenvalue weighted by atomic mass is 16.3. The largest absolute Gasteiger partial charge is 0.392 e. The second-order valence-electron chi connectivity index (χ2n) is 4.04. The summed E-state index contributed by atoms with van der Waals surface area (Å²) < 4.78 is 0. The van der Waals surface area contributed by atoms with E-state index in [4.69, 9.17) is 0 Å². The lowest BCUT2D eigenvalue weighted by Crippen LogP contribution is -2.41. The monoisotopic (exact) mass is 207 g/mol. The van der Waals surface area contributed by atoms with Crippen LogP contribution in [0.15, 0.2) is 18.6 Å². The molecule has 0 aromatic carbocycles. The number of aliphatic hydroxyl groups excluding tert-OH is 1. The third-order valence-electron chi connectivity index (χ3n) is 2.89. The summed E-state index contributed by atoms with van der Waals surface area (Å²) in [5.74, 6) is 0. The Kier molecular flexibility index (Phi) is 3.64. The van der Waals surface area contributed by atoms with E-state index < -0.39 is 0 Å². The lowest BCUT2D eigenvalue weighted by atomic mass is 9.92. The molecule has 82 valence electrons. The van der Waals surface area contributed by atoms with E-state index in [0.717, 1.165) is 25.0 Å². The fourth-order valence-corrected chi connectivity index (χ4v) is 2.01. The highest BCUT2D eigenvalue weighted by Gasteiger charge is 2.22. The van der Waals surface area contributed by atoms with Crippen LogP contribution in [0.3, 0.4) is 0 Å². The summed E-state index contributed by atoms with van der Waals surface area (Å²) in [5.41, 5.74) is 0.926. The maximum Gasteiger partial charge on any atom is 0.0724 e. The third kappa shape index (κ3) is 2.97. The van der Waals surface area contributed by atoms with Crippen molar-refractivity contribution in [3.05, 3.63) is 24.3 Å². The van der Waals surface area contributed by atoms with Crippen molar-refractivity contribution in [2.75, 3.05) is 0 Å². The van der Waals surface area contributed by atoms with Gasteiger partial charge in [0.25, 0.3) is 0 Å². The Hall–Kier alpha value is -1.00. The molecule has 4 heteroatoms. The highest BCUT2D eigenvalue weighted by Crippen LogP contribution is 2.18. The van der Waals surface area contributed by atoms with Gasteiger partial charge in [0.15, 0.2) is 0 Å². The average Bonchev–Trinajstić information content (AvgIpc) is 2.29. The number of aromatic nitrogens is 2. The van der Waals surface area contributed by atoms with Crippen LogP contribution >= 0.6 is 0 Å². The molecule has 1 heterocycles. The molecule has 1 fully saturated rings. The fraction of sp³-hybridized carbons (Fsp3) is 0.636. The lowest BCUT2D eigenvalue weighted by Gasteiger charge is -2.28. The van der Waals surface area contributed by atoms with Crippen LogP contribution in [0.4, 0.5) is 0 Å². The molecule has 15 heavy (non-hydrogen) atoms. The molecule has 1 aliphatic rings. The number of aliphatic hydroxyl groups is 1. The van der Waals surface area contributed by atoms with Gasteiger partial charge in [-0.1, -0.05) is 12.8 Å². The second-order valence-corrected chi connectivity index (χ2v) is 4.04. The van der Waals surface area contributed by atoms with Crippen LogP contribution < -0.4 is 5.32 Å². The summed E-state index contributed by atoms with van der Waals surface area (Å²) in [6.45, 7) is 0.690. The molecule has 2 rings (SSSR count). The molecule has 0 saturated heterocycles. The van der Waals surface area contributed by atoms with Crippen molar-refractivity contribution in [3.8, 4) is 0 Å². The molecule has 0 amide bonds. The van der Waals surface area contributed by atoms with Gasteiger partial charge < -0.3 is 10.4 Å². The minimum absolute atomic E-state index is 0.199. The van der Waals surface area contributed by atoms with Gasteiger partial charge in [0.1, 0.15) is 0 Å². The summed E-state index contributed by atoms with van der Waals surface area (Å²) in [7, 11) is 0. The van der Waals surface area contributed by atoms with Crippen molar-refractivity contribution >= 4 is 0 Å². The van der Waals surface area contributed by atoms with Crippen LogP contribution in [0, 0.1) is 0 Å². The zero-order valence-electron chi connectivity index (χ0n) is 8.76. The smallest absolute Gasteiger partial charge is 0.0724 e. The summed E-state index contributed by atoms with van der Waals surface area (Å²) in [5, 5.41) is 13.1. The predicted octanol–water partition coefficient (Wildman–Crippen LogP) is 0.870. The van der Waals surface area contributed by atoms with Gasteiger partial charge >= 0.3 is 0 Å². The summed E-state index contributed by atoms with van der Waals surface area (Å²) in [4.78, 5) is 8.18. The first kappa shape index (κ1) is 10.5. The van der Waals surface area contributed by atoms with Crippen LogP contribution in [0.25, 0.3) is 0 Å². The first-order chi connectivity index (χ1) is 7.36. The van der Waals surface area contributed by atoms with E-state index in [1.54, 1.807) is 18.6 Å². The first-order valence-electron chi connectivity index (χ1n) is 5.52. The standard InChI is InChI=1S/C11H17N3O/c15-11-4-2-1-3-10(11)14-8-9-7-12-5-6-13-9/h5-7,10-11,14-15H,1-4,8H2/t10-,11-/m0/s1. The zero-order valence-corrected chi connectivity index (χ0v) is 8.76. The van der Waals surface area contributed by atoms with E-state index in [0.29, 0.717) is 6.54 Å². The van der Waals surface area contributed by atoms with Crippen molar-refractivity contribution in [1.82, 2.24) is 15.3 Å². The van der Waals surface area contributed by atoms with E-state index in [1.165, 1.54) is 6.42 Å². The van der Waals surface area contributed by atoms with Crippen molar-refractivity contribution in [2.24, 2.45) is 0 Å². The number of rotatable bonds is 3. The van der Waals surface area contributed by atoms with Gasteiger partial charge in [-0.05, 0) is 12.8 Å². The minimum Gasteiger partial charge on any atom is -0.392 e. The second kappa shape index (κ2) is 5.19. The summed E-state index contributed by atoms with van der Waals surface area (Å²) >= 11 is 0. The molecule has 1 aromatic heterocycles. The van der Waals surface area contributed by atoms with Gasteiger partial charge in [-0.15, -0.1) is 0 Å². The van der Waals surface area contributed by atoms with E-state index in [-0.39, 0.29) is 12.1 Å². The van der Waals surface area contributed by atoms with Crippen molar-refractivity contribution in [1.29, 1.82) is 0 Å². The van der Waals surface area contributed by atoms with Gasteiger partial charge in [-0.2, -0.15) is 0 Å². The number of hydrogen-bond donors (Lipinski definition) is 2. The van der Waals surface area contributed by atoms with Gasteiger partial charge in [0.05, 0.1) is 11.8 Å². The van der Waals surface area contributed by atoms with E-state index in [2.05, 4.69) is 15.3 Å². The Labute approximate surface area is 89.8 Å². The van der Waals surface area contributed by atoms with Gasteiger partial charge in [-0.3, -0.25) is 9.97 Å². The van der Waals surface area contributed by atoms with Crippen LogP contribution in [0.1, 0.15) is 31.4 Å². The van der Waals surface area contributed by atoms with Crippen molar-refractivity contribution < 1.29 is 5.11 Å². The Balaban J connectivity index is 1.82. The minimum atomic E-state index is -0.199. The lowest BCUT2D eigenvalue weighted by molar-refractivity contribution is 0.0901. The zero-order chi connectivity index (χ0) is 10.5. The predicted molar refractivity (Wildman–Crippen MR) is 57.1 cm³/mol. The van der Waals surface area contributed by atoms with E-state index in [9.17, 15) is 5.11 Å². The average molecular weight is 207 g/mol. The summed E-state index contributed by atoms with van der Waals surface area (Å²) in [6, 6.07) is 0.223. The molecule has 1 aliphatic carbocycles. The van der Waals surface area contributed by atoms with Crippen LogP contribution in [0.2, 0.25) is 0 Å². The molecule has 1 aromatic rings. The summed E-state index contributed by atoms with van der Waals surface area (Å²) in [6.07, 6.45) is 9.23. The molecule has 2 N–H and O–H groups in total. The normalized spacial score (nSPS) is 26.5. The molecule has 4 nitrogen and oxygen atoms in total. The maximum atomic E-state index is 9.75. The van der Waals surface area contributed by atoms with Crippen LogP contribution in [-0.4, -0.2) is 27.2 Å². The molecule has 0 bridgehead atoms. The van der Waals surface area contributed by atoms with Crippen LogP contribution in [0.5, 0.6) is 0 Å². The Bertz CT molecular complexity index is 291. The molecule has 2 atom stereocenters. The molecule has 0 spiro atoms. The van der Waals surface area contributed by atoms with Crippen LogP contribution in [-0.2, 0) is 6.54 Å². The molecule has 0 aliphatic heterocycles. The number of nitrogens with zero attached hydrogens (tertiary/aromatic N) is 2. The Morgan fingerprint density at radius 1 is 1.33 bits per heavy atom. The Morgan fingerprint density at radius 3 is 2.93 bits per heavy atom. The van der Waals surface area contributed by atoms with Crippen molar-refractivity contribution in [3.63, 3.8) is 0 Å².